The Morgan fingerprint density at radius 1 is 1.00 bits per heavy atom. The molecule has 2 N–H and O–H groups in total. The number of ether oxygens (including phenoxy) is 1. The van der Waals surface area contributed by atoms with Crippen LogP contribution in [-0.4, -0.2) is 25.0 Å². The third-order valence-corrected chi connectivity index (χ3v) is 2.81. The minimum atomic E-state index is -2.92. The molecule has 0 saturated carbocycles. The number of alkyl halides is 2. The fraction of sp³-hybridized carbons (Fsp3) is 0.125. The van der Waals surface area contributed by atoms with Crippen LogP contribution in [0.1, 0.15) is 10.4 Å². The van der Waals surface area contributed by atoms with Crippen molar-refractivity contribution in [3.05, 3.63) is 60.2 Å². The van der Waals surface area contributed by atoms with E-state index in [1.165, 1.54) is 24.3 Å². The van der Waals surface area contributed by atoms with E-state index in [4.69, 9.17) is 0 Å². The van der Waals surface area contributed by atoms with E-state index in [0.29, 0.717) is 5.69 Å². The Balaban J connectivity index is 1.83. The van der Waals surface area contributed by atoms with Crippen molar-refractivity contribution in [1.82, 2.24) is 5.32 Å². The molecule has 120 valence electrons. The minimum Gasteiger partial charge on any atom is -0.435 e. The van der Waals surface area contributed by atoms with Gasteiger partial charge in [0, 0.05) is 11.3 Å². The lowest BCUT2D eigenvalue weighted by atomic mass is 10.2. The molecule has 2 aromatic rings. The Morgan fingerprint density at radius 2 is 1.65 bits per heavy atom. The summed E-state index contributed by atoms with van der Waals surface area (Å²) in [6.07, 6.45) is 0. The van der Waals surface area contributed by atoms with E-state index in [9.17, 15) is 18.4 Å². The second-order valence-corrected chi connectivity index (χ2v) is 4.50. The van der Waals surface area contributed by atoms with Crippen LogP contribution in [0.15, 0.2) is 54.6 Å². The molecule has 0 heterocycles. The molecule has 0 unspecified atom stereocenters. The van der Waals surface area contributed by atoms with Crippen molar-refractivity contribution in [2.75, 3.05) is 11.9 Å². The van der Waals surface area contributed by atoms with Gasteiger partial charge in [-0.1, -0.05) is 18.2 Å². The quantitative estimate of drug-likeness (QED) is 0.860. The summed E-state index contributed by atoms with van der Waals surface area (Å²) in [6, 6.07) is 14.0. The van der Waals surface area contributed by atoms with Gasteiger partial charge < -0.3 is 15.4 Å². The first-order valence-corrected chi connectivity index (χ1v) is 6.72. The fourth-order valence-electron chi connectivity index (χ4n) is 1.78. The zero-order chi connectivity index (χ0) is 16.7. The van der Waals surface area contributed by atoms with E-state index in [0.717, 1.165) is 0 Å². The number of halogens is 2. The molecule has 23 heavy (non-hydrogen) atoms. The zero-order valence-corrected chi connectivity index (χ0v) is 12.0. The molecule has 0 aliphatic rings. The largest absolute Gasteiger partial charge is 0.435 e. The molecule has 7 heteroatoms. The predicted octanol–water partition coefficient (Wildman–Crippen LogP) is 2.66. The van der Waals surface area contributed by atoms with Gasteiger partial charge in [-0.15, -0.1) is 0 Å². The lowest BCUT2D eigenvalue weighted by Gasteiger charge is -2.08. The molecular weight excluding hydrogens is 306 g/mol. The van der Waals surface area contributed by atoms with Crippen LogP contribution in [0.3, 0.4) is 0 Å². The fourth-order valence-corrected chi connectivity index (χ4v) is 1.78. The van der Waals surface area contributed by atoms with E-state index in [1.807, 2.05) is 6.07 Å². The van der Waals surface area contributed by atoms with Crippen molar-refractivity contribution in [1.29, 1.82) is 0 Å². The van der Waals surface area contributed by atoms with Crippen LogP contribution in [0.2, 0.25) is 0 Å². The molecule has 0 bridgehead atoms. The van der Waals surface area contributed by atoms with E-state index in [-0.39, 0.29) is 23.8 Å². The Morgan fingerprint density at radius 3 is 2.26 bits per heavy atom. The summed E-state index contributed by atoms with van der Waals surface area (Å²) in [5.74, 6) is -0.905. The summed E-state index contributed by atoms with van der Waals surface area (Å²) in [5.41, 5.74) is 0.861. The molecule has 0 spiro atoms. The molecule has 0 fully saturated rings. The standard InChI is InChI=1S/C16H14F2N2O3/c17-16(18)23-13-8-6-11(7-9-13)15(22)19-10-14(21)20-12-4-2-1-3-5-12/h1-9,16H,10H2,(H,19,22)(H,20,21). The number of nitrogens with one attached hydrogen (secondary N) is 2. The van der Waals surface area contributed by atoms with Crippen LogP contribution in [0.25, 0.3) is 0 Å². The summed E-state index contributed by atoms with van der Waals surface area (Å²) in [5, 5.41) is 5.06. The topological polar surface area (TPSA) is 67.4 Å². The third kappa shape index (κ3) is 5.39. The van der Waals surface area contributed by atoms with Gasteiger partial charge in [0.1, 0.15) is 5.75 Å². The van der Waals surface area contributed by atoms with Gasteiger partial charge >= 0.3 is 6.61 Å². The molecule has 2 rings (SSSR count). The smallest absolute Gasteiger partial charge is 0.387 e. The zero-order valence-electron chi connectivity index (χ0n) is 12.0. The first-order chi connectivity index (χ1) is 11.0. The molecule has 0 atom stereocenters. The van der Waals surface area contributed by atoms with E-state index in [1.54, 1.807) is 24.3 Å². The highest BCUT2D eigenvalue weighted by molar-refractivity contribution is 5.99. The molecule has 5 nitrogen and oxygen atoms in total. The van der Waals surface area contributed by atoms with E-state index >= 15 is 0 Å². The Labute approximate surface area is 131 Å². The number of carbonyl (C=O) groups is 2. The third-order valence-electron chi connectivity index (χ3n) is 2.81. The Bertz CT molecular complexity index is 661. The normalized spacial score (nSPS) is 10.2. The minimum absolute atomic E-state index is 0.0432. The predicted molar refractivity (Wildman–Crippen MR) is 80.5 cm³/mol. The monoisotopic (exact) mass is 320 g/mol. The molecule has 0 radical (unpaired) electrons. The first kappa shape index (κ1) is 16.4. The Hall–Kier alpha value is -2.96. The second-order valence-electron chi connectivity index (χ2n) is 4.50. The number of carbonyl (C=O) groups excluding carboxylic acids is 2. The van der Waals surface area contributed by atoms with Gasteiger partial charge in [-0.2, -0.15) is 8.78 Å². The van der Waals surface area contributed by atoms with Crippen molar-refractivity contribution >= 4 is 17.5 Å². The van der Waals surface area contributed by atoms with Gasteiger partial charge in [0.25, 0.3) is 5.91 Å². The summed E-state index contributed by atoms with van der Waals surface area (Å²) in [6.45, 7) is -3.13. The Kier molecular flexibility index (Phi) is 5.62. The highest BCUT2D eigenvalue weighted by Crippen LogP contribution is 2.14. The van der Waals surface area contributed by atoms with Crippen molar-refractivity contribution in [2.45, 2.75) is 6.61 Å². The summed E-state index contributed by atoms with van der Waals surface area (Å²) in [4.78, 5) is 23.5. The van der Waals surface area contributed by atoms with Crippen LogP contribution in [-0.2, 0) is 4.79 Å². The van der Waals surface area contributed by atoms with E-state index < -0.39 is 12.5 Å². The maximum absolute atomic E-state index is 12.0. The highest BCUT2D eigenvalue weighted by atomic mass is 19.3. The van der Waals surface area contributed by atoms with Crippen LogP contribution < -0.4 is 15.4 Å². The van der Waals surface area contributed by atoms with Crippen LogP contribution in [0.5, 0.6) is 5.75 Å². The average Bonchev–Trinajstić information content (AvgIpc) is 2.54. The van der Waals surface area contributed by atoms with Gasteiger partial charge in [0.15, 0.2) is 0 Å². The van der Waals surface area contributed by atoms with Gasteiger partial charge in [0.2, 0.25) is 5.91 Å². The molecular formula is C16H14F2N2O3. The molecule has 0 aromatic heterocycles. The van der Waals surface area contributed by atoms with Crippen LogP contribution in [0, 0.1) is 0 Å². The number of rotatable bonds is 6. The molecule has 0 aliphatic carbocycles. The lowest BCUT2D eigenvalue weighted by Crippen LogP contribution is -2.32. The van der Waals surface area contributed by atoms with Crippen molar-refractivity contribution in [2.24, 2.45) is 0 Å². The maximum Gasteiger partial charge on any atom is 0.387 e. The average molecular weight is 320 g/mol. The van der Waals surface area contributed by atoms with Crippen molar-refractivity contribution < 1.29 is 23.1 Å². The lowest BCUT2D eigenvalue weighted by molar-refractivity contribution is -0.115. The molecule has 2 amide bonds. The maximum atomic E-state index is 12.0. The SMILES string of the molecule is O=C(CNC(=O)c1ccc(OC(F)F)cc1)Nc1ccccc1. The highest BCUT2D eigenvalue weighted by Gasteiger charge is 2.09. The molecule has 2 aromatic carbocycles. The van der Waals surface area contributed by atoms with Crippen molar-refractivity contribution in [3.63, 3.8) is 0 Å². The number of amides is 2. The first-order valence-electron chi connectivity index (χ1n) is 6.72. The number of hydrogen-bond donors (Lipinski definition) is 2. The molecule has 0 aliphatic heterocycles. The summed E-state index contributed by atoms with van der Waals surface area (Å²) in [7, 11) is 0. The van der Waals surface area contributed by atoms with E-state index in [2.05, 4.69) is 15.4 Å². The van der Waals surface area contributed by atoms with Gasteiger partial charge in [-0.25, -0.2) is 0 Å². The number of hydrogen-bond acceptors (Lipinski definition) is 3. The number of para-hydroxylation sites is 1. The summed E-state index contributed by atoms with van der Waals surface area (Å²) < 4.78 is 28.2. The van der Waals surface area contributed by atoms with Crippen molar-refractivity contribution in [3.8, 4) is 5.75 Å². The van der Waals surface area contributed by atoms with Gasteiger partial charge in [-0.05, 0) is 36.4 Å². The van der Waals surface area contributed by atoms with Crippen LogP contribution >= 0.6 is 0 Å². The number of anilines is 1. The summed E-state index contributed by atoms with van der Waals surface area (Å²) >= 11 is 0. The number of benzene rings is 2. The second kappa shape index (κ2) is 7.88. The van der Waals surface area contributed by atoms with Gasteiger partial charge in [-0.3, -0.25) is 9.59 Å². The molecule has 0 saturated heterocycles. The van der Waals surface area contributed by atoms with Crippen LogP contribution in [0.4, 0.5) is 14.5 Å². The van der Waals surface area contributed by atoms with Gasteiger partial charge in [0.05, 0.1) is 6.54 Å².